The molecule has 1 aromatic carbocycles. The summed E-state index contributed by atoms with van der Waals surface area (Å²) in [4.78, 5) is 31.8. The Bertz CT molecular complexity index is 757. The lowest BCUT2D eigenvalue weighted by molar-refractivity contribution is -0.117. The lowest BCUT2D eigenvalue weighted by Crippen LogP contribution is -2.24. The summed E-state index contributed by atoms with van der Waals surface area (Å²) in [5.74, 6) is 2.53. The number of rotatable bonds is 1. The number of amides is 1. The van der Waals surface area contributed by atoms with Gasteiger partial charge in [0.15, 0.2) is 0 Å². The van der Waals surface area contributed by atoms with Crippen LogP contribution in [-0.4, -0.2) is 22.4 Å². The molecule has 0 spiro atoms. The Kier molecular flexibility index (Phi) is 2.57. The predicted octanol–water partition coefficient (Wildman–Crippen LogP) is 0.909. The highest BCUT2D eigenvalue weighted by Gasteiger charge is 2.29. The lowest BCUT2D eigenvalue weighted by atomic mass is 10.1. The number of hydrogen-bond acceptors (Lipinski definition) is 3. The second-order valence-corrected chi connectivity index (χ2v) is 4.51. The summed E-state index contributed by atoms with van der Waals surface area (Å²) in [6, 6.07) is 5.19. The normalized spacial score (nSPS) is 18.8. The molecule has 5 nitrogen and oxygen atoms in total. The van der Waals surface area contributed by atoms with Crippen LogP contribution in [0.5, 0.6) is 0 Å². The van der Waals surface area contributed by atoms with E-state index in [4.69, 9.17) is 6.42 Å². The molecule has 1 N–H and O–H groups in total. The molecule has 0 saturated carbocycles. The molecule has 1 atom stereocenters. The molecule has 2 heterocycles. The maximum atomic E-state index is 11.9. The first kappa shape index (κ1) is 11.5. The number of fused-ring (bicyclic) bond motifs is 1. The van der Waals surface area contributed by atoms with Crippen LogP contribution in [0.25, 0.3) is 10.9 Å². The van der Waals surface area contributed by atoms with Crippen molar-refractivity contribution in [3.63, 3.8) is 0 Å². The monoisotopic (exact) mass is 253 g/mol. The minimum Gasteiger partial charge on any atom is -0.313 e. The standard InChI is InChI=1S/C14H11N3O2/c1-2-9-5-13(18)17(7-9)10-3-4-12-11(6-10)14(19)16-8-15-12/h1,3-4,6,8-9H,5,7H2,(H,15,16,19). The Morgan fingerprint density at radius 1 is 1.42 bits per heavy atom. The first-order chi connectivity index (χ1) is 9.19. The summed E-state index contributed by atoms with van der Waals surface area (Å²) >= 11 is 0. The van der Waals surface area contributed by atoms with Crippen molar-refractivity contribution in [2.45, 2.75) is 6.42 Å². The second-order valence-electron chi connectivity index (χ2n) is 4.51. The van der Waals surface area contributed by atoms with Gasteiger partial charge in [-0.05, 0) is 18.2 Å². The summed E-state index contributed by atoms with van der Waals surface area (Å²) in [7, 11) is 0. The van der Waals surface area contributed by atoms with E-state index in [-0.39, 0.29) is 17.4 Å². The minimum atomic E-state index is -0.216. The Morgan fingerprint density at radius 2 is 2.26 bits per heavy atom. The number of nitrogens with one attached hydrogen (secondary N) is 1. The number of anilines is 1. The molecule has 1 saturated heterocycles. The fraction of sp³-hybridized carbons (Fsp3) is 0.214. The van der Waals surface area contributed by atoms with Gasteiger partial charge in [0.25, 0.3) is 5.56 Å². The Morgan fingerprint density at radius 3 is 3.00 bits per heavy atom. The van der Waals surface area contributed by atoms with Crippen molar-refractivity contribution in [2.75, 3.05) is 11.4 Å². The summed E-state index contributed by atoms with van der Waals surface area (Å²) in [5.41, 5.74) is 1.08. The van der Waals surface area contributed by atoms with Gasteiger partial charge in [-0.3, -0.25) is 9.59 Å². The molecule has 1 aliphatic heterocycles. The topological polar surface area (TPSA) is 66.1 Å². The van der Waals surface area contributed by atoms with Crippen molar-refractivity contribution in [2.24, 2.45) is 5.92 Å². The summed E-state index contributed by atoms with van der Waals surface area (Å²) in [6.45, 7) is 0.499. The number of terminal acetylenes is 1. The molecular weight excluding hydrogens is 242 g/mol. The van der Waals surface area contributed by atoms with Crippen LogP contribution in [0, 0.1) is 18.3 Å². The van der Waals surface area contributed by atoms with Gasteiger partial charge in [0.1, 0.15) is 0 Å². The van der Waals surface area contributed by atoms with Crippen molar-refractivity contribution in [3.05, 3.63) is 34.9 Å². The van der Waals surface area contributed by atoms with Gasteiger partial charge in [-0.25, -0.2) is 4.98 Å². The largest absolute Gasteiger partial charge is 0.313 e. The Balaban J connectivity index is 2.07. The zero-order valence-corrected chi connectivity index (χ0v) is 10.1. The summed E-state index contributed by atoms with van der Waals surface area (Å²) in [6.07, 6.45) is 7.08. The Hall–Kier alpha value is -2.61. The number of carbonyl (C=O) groups excluding carboxylic acids is 1. The molecule has 1 unspecified atom stereocenters. The Labute approximate surface area is 109 Å². The van der Waals surface area contributed by atoms with Crippen LogP contribution < -0.4 is 10.5 Å². The molecule has 0 bridgehead atoms. The number of carbonyl (C=O) groups is 1. The van der Waals surface area contributed by atoms with E-state index < -0.39 is 0 Å². The van der Waals surface area contributed by atoms with Gasteiger partial charge in [0.2, 0.25) is 5.91 Å². The van der Waals surface area contributed by atoms with Crippen molar-refractivity contribution >= 4 is 22.5 Å². The van der Waals surface area contributed by atoms with Crippen molar-refractivity contribution in [3.8, 4) is 12.3 Å². The van der Waals surface area contributed by atoms with Crippen LogP contribution in [-0.2, 0) is 4.79 Å². The average Bonchev–Trinajstić information content (AvgIpc) is 2.80. The average molecular weight is 253 g/mol. The van der Waals surface area contributed by atoms with Crippen molar-refractivity contribution in [1.29, 1.82) is 0 Å². The highest BCUT2D eigenvalue weighted by atomic mass is 16.2. The molecule has 2 aromatic rings. The van der Waals surface area contributed by atoms with E-state index in [1.54, 1.807) is 23.1 Å². The van der Waals surface area contributed by atoms with E-state index >= 15 is 0 Å². The van der Waals surface area contributed by atoms with Crippen LogP contribution in [0.3, 0.4) is 0 Å². The number of H-pyrrole nitrogens is 1. The van der Waals surface area contributed by atoms with E-state index in [0.29, 0.717) is 29.6 Å². The molecule has 1 aliphatic rings. The minimum absolute atomic E-state index is 0.0115. The molecule has 0 aliphatic carbocycles. The lowest BCUT2D eigenvalue weighted by Gasteiger charge is -2.16. The van der Waals surface area contributed by atoms with Gasteiger partial charge in [-0.15, -0.1) is 12.3 Å². The SMILES string of the molecule is C#CC1CC(=O)N(c2ccc3nc[nH]c(=O)c3c2)C1. The number of benzene rings is 1. The molecule has 94 valence electrons. The van der Waals surface area contributed by atoms with Gasteiger partial charge in [-0.1, -0.05) is 0 Å². The van der Waals surface area contributed by atoms with Gasteiger partial charge in [0, 0.05) is 24.6 Å². The quantitative estimate of drug-likeness (QED) is 0.768. The van der Waals surface area contributed by atoms with Crippen LogP contribution in [0.2, 0.25) is 0 Å². The first-order valence-electron chi connectivity index (χ1n) is 5.93. The van der Waals surface area contributed by atoms with Crippen molar-refractivity contribution < 1.29 is 4.79 Å². The smallest absolute Gasteiger partial charge is 0.258 e. The van der Waals surface area contributed by atoms with E-state index in [9.17, 15) is 9.59 Å². The maximum Gasteiger partial charge on any atom is 0.258 e. The van der Waals surface area contributed by atoms with Gasteiger partial charge in [0.05, 0.1) is 17.2 Å². The van der Waals surface area contributed by atoms with E-state index in [0.717, 1.165) is 0 Å². The second kappa shape index (κ2) is 4.25. The van der Waals surface area contributed by atoms with E-state index in [1.165, 1.54) is 6.33 Å². The molecule has 0 radical (unpaired) electrons. The highest BCUT2D eigenvalue weighted by molar-refractivity contribution is 5.98. The third kappa shape index (κ3) is 1.87. The number of hydrogen-bond donors (Lipinski definition) is 1. The molecule has 3 rings (SSSR count). The molecule has 19 heavy (non-hydrogen) atoms. The van der Waals surface area contributed by atoms with Crippen LogP contribution in [0.15, 0.2) is 29.3 Å². The van der Waals surface area contributed by atoms with Crippen molar-refractivity contribution in [1.82, 2.24) is 9.97 Å². The third-order valence-electron chi connectivity index (χ3n) is 3.30. The summed E-state index contributed by atoms with van der Waals surface area (Å²) < 4.78 is 0. The number of aromatic amines is 1. The molecule has 1 fully saturated rings. The van der Waals surface area contributed by atoms with Crippen LogP contribution in [0.4, 0.5) is 5.69 Å². The van der Waals surface area contributed by atoms with Gasteiger partial charge in [-0.2, -0.15) is 0 Å². The number of nitrogens with zero attached hydrogens (tertiary/aromatic N) is 2. The fourth-order valence-corrected chi connectivity index (χ4v) is 2.29. The van der Waals surface area contributed by atoms with E-state index in [1.807, 2.05) is 0 Å². The predicted molar refractivity (Wildman–Crippen MR) is 71.7 cm³/mol. The molecule has 1 amide bonds. The van der Waals surface area contributed by atoms with Crippen LogP contribution >= 0.6 is 0 Å². The third-order valence-corrected chi connectivity index (χ3v) is 3.30. The highest BCUT2D eigenvalue weighted by Crippen LogP contribution is 2.26. The fourth-order valence-electron chi connectivity index (χ4n) is 2.29. The first-order valence-corrected chi connectivity index (χ1v) is 5.93. The molecule has 1 aromatic heterocycles. The summed E-state index contributed by atoms with van der Waals surface area (Å²) in [5, 5.41) is 0.469. The molecule has 5 heteroatoms. The van der Waals surface area contributed by atoms with E-state index in [2.05, 4.69) is 15.9 Å². The zero-order valence-electron chi connectivity index (χ0n) is 10.1. The molecular formula is C14H11N3O2. The maximum absolute atomic E-state index is 11.9. The number of aromatic nitrogens is 2. The zero-order chi connectivity index (χ0) is 13.4. The van der Waals surface area contributed by atoms with Gasteiger partial charge >= 0.3 is 0 Å². The van der Waals surface area contributed by atoms with Gasteiger partial charge < -0.3 is 9.88 Å². The van der Waals surface area contributed by atoms with Crippen LogP contribution in [0.1, 0.15) is 6.42 Å².